The van der Waals surface area contributed by atoms with E-state index in [2.05, 4.69) is 22.5 Å². The number of hydrogen-bond donors (Lipinski definition) is 2. The maximum atomic E-state index is 12.0. The molecular weight excluding hydrogens is 360 g/mol. The number of rotatable bonds is 8. The van der Waals surface area contributed by atoms with Crippen LogP contribution in [0.25, 0.3) is 11.0 Å². The molecule has 7 heteroatoms. The van der Waals surface area contributed by atoms with Gasteiger partial charge in [-0.05, 0) is 36.1 Å². The number of aryl methyl sites for hydroxylation is 1. The van der Waals surface area contributed by atoms with Gasteiger partial charge in [-0.2, -0.15) is 0 Å². The van der Waals surface area contributed by atoms with Gasteiger partial charge in [-0.1, -0.05) is 19.4 Å². The van der Waals surface area contributed by atoms with Crippen molar-refractivity contribution in [3.05, 3.63) is 46.4 Å². The van der Waals surface area contributed by atoms with Gasteiger partial charge >= 0.3 is 0 Å². The van der Waals surface area contributed by atoms with Crippen molar-refractivity contribution in [3.63, 3.8) is 0 Å². The minimum Gasteiger partial charge on any atom is -0.351 e. The molecule has 6 nitrogen and oxygen atoms in total. The van der Waals surface area contributed by atoms with Gasteiger partial charge in [0.1, 0.15) is 5.82 Å². The van der Waals surface area contributed by atoms with Crippen LogP contribution >= 0.6 is 11.3 Å². The first-order valence-electron chi connectivity index (χ1n) is 9.15. The molecule has 142 valence electrons. The van der Waals surface area contributed by atoms with Crippen LogP contribution in [0.15, 0.2) is 35.7 Å². The summed E-state index contributed by atoms with van der Waals surface area (Å²) in [4.78, 5) is 29.3. The number of aromatic nitrogens is 2. The zero-order valence-electron chi connectivity index (χ0n) is 15.6. The van der Waals surface area contributed by atoms with Crippen LogP contribution in [0.4, 0.5) is 5.69 Å². The van der Waals surface area contributed by atoms with Crippen molar-refractivity contribution in [1.29, 1.82) is 0 Å². The van der Waals surface area contributed by atoms with E-state index in [1.54, 1.807) is 0 Å². The van der Waals surface area contributed by atoms with Crippen LogP contribution in [0.2, 0.25) is 0 Å². The topological polar surface area (TPSA) is 76.0 Å². The first-order chi connectivity index (χ1) is 13.1. The van der Waals surface area contributed by atoms with E-state index in [9.17, 15) is 9.59 Å². The Bertz CT molecular complexity index is 931. The fourth-order valence-corrected chi connectivity index (χ4v) is 3.53. The van der Waals surface area contributed by atoms with Crippen molar-refractivity contribution in [2.24, 2.45) is 7.05 Å². The Morgan fingerprint density at radius 3 is 2.85 bits per heavy atom. The van der Waals surface area contributed by atoms with Crippen LogP contribution in [0.1, 0.15) is 41.7 Å². The number of carbonyl (C=O) groups excluding carboxylic acids is 2. The molecule has 1 aromatic carbocycles. The van der Waals surface area contributed by atoms with Crippen LogP contribution in [0, 0.1) is 0 Å². The van der Waals surface area contributed by atoms with Crippen molar-refractivity contribution < 1.29 is 9.59 Å². The normalized spacial score (nSPS) is 10.9. The average Bonchev–Trinajstić information content (AvgIpc) is 3.29. The molecule has 0 aliphatic carbocycles. The maximum Gasteiger partial charge on any atom is 0.261 e. The highest BCUT2D eigenvalue weighted by Crippen LogP contribution is 2.20. The van der Waals surface area contributed by atoms with Crippen molar-refractivity contribution in [2.75, 3.05) is 11.9 Å². The Balaban J connectivity index is 1.63. The van der Waals surface area contributed by atoms with Gasteiger partial charge < -0.3 is 15.2 Å². The number of amides is 2. The van der Waals surface area contributed by atoms with Gasteiger partial charge in [0.2, 0.25) is 5.91 Å². The molecule has 0 fully saturated rings. The Morgan fingerprint density at radius 2 is 2.11 bits per heavy atom. The molecule has 2 heterocycles. The Labute approximate surface area is 162 Å². The lowest BCUT2D eigenvalue weighted by Crippen LogP contribution is -2.25. The van der Waals surface area contributed by atoms with Crippen LogP contribution in [0.3, 0.4) is 0 Å². The molecule has 2 N–H and O–H groups in total. The highest BCUT2D eigenvalue weighted by atomic mass is 32.1. The lowest BCUT2D eigenvalue weighted by atomic mass is 10.2. The summed E-state index contributed by atoms with van der Waals surface area (Å²) in [6.07, 6.45) is 3.06. The van der Waals surface area contributed by atoms with Gasteiger partial charge in [-0.15, -0.1) is 11.3 Å². The molecule has 0 spiro atoms. The van der Waals surface area contributed by atoms with Crippen molar-refractivity contribution in [3.8, 4) is 0 Å². The van der Waals surface area contributed by atoms with E-state index in [4.69, 9.17) is 0 Å². The number of nitrogens with one attached hydrogen (secondary N) is 2. The number of anilines is 1. The molecule has 0 atom stereocenters. The van der Waals surface area contributed by atoms with Crippen LogP contribution in [-0.4, -0.2) is 27.9 Å². The van der Waals surface area contributed by atoms with Crippen LogP contribution < -0.4 is 10.6 Å². The fourth-order valence-electron chi connectivity index (χ4n) is 2.89. The summed E-state index contributed by atoms with van der Waals surface area (Å²) in [6.45, 7) is 2.59. The molecule has 0 aliphatic rings. The Hall–Kier alpha value is -2.67. The monoisotopic (exact) mass is 384 g/mol. The third kappa shape index (κ3) is 4.74. The first kappa shape index (κ1) is 19.1. The van der Waals surface area contributed by atoms with Crippen molar-refractivity contribution >= 4 is 39.9 Å². The largest absolute Gasteiger partial charge is 0.351 e. The number of carbonyl (C=O) groups is 2. The van der Waals surface area contributed by atoms with Gasteiger partial charge in [-0.3, -0.25) is 9.59 Å². The molecule has 2 amide bonds. The third-order valence-corrected chi connectivity index (χ3v) is 5.26. The van der Waals surface area contributed by atoms with E-state index in [-0.39, 0.29) is 11.8 Å². The Morgan fingerprint density at radius 1 is 1.26 bits per heavy atom. The number of unbranched alkanes of at least 4 members (excludes halogenated alkanes) is 1. The van der Waals surface area contributed by atoms with Crippen LogP contribution in [-0.2, 0) is 18.3 Å². The van der Waals surface area contributed by atoms with E-state index < -0.39 is 0 Å². The van der Waals surface area contributed by atoms with Gasteiger partial charge in [0.05, 0.1) is 15.9 Å². The fraction of sp³-hybridized carbons (Fsp3) is 0.350. The lowest BCUT2D eigenvalue weighted by molar-refractivity contribution is -0.116. The quantitative estimate of drug-likeness (QED) is 0.621. The SMILES string of the molecule is CCCCC(=O)Nc1ccc2c(c1)nc(CCNC(=O)c1cccs1)n2C. The van der Waals surface area contributed by atoms with Crippen molar-refractivity contribution in [1.82, 2.24) is 14.9 Å². The van der Waals surface area contributed by atoms with Gasteiger partial charge in [0, 0.05) is 32.1 Å². The second-order valence-corrected chi connectivity index (χ2v) is 7.37. The van der Waals surface area contributed by atoms with E-state index >= 15 is 0 Å². The third-order valence-electron chi connectivity index (χ3n) is 4.39. The van der Waals surface area contributed by atoms with E-state index in [1.807, 2.05) is 47.3 Å². The number of benzene rings is 1. The molecule has 0 aliphatic heterocycles. The smallest absolute Gasteiger partial charge is 0.261 e. The molecule has 0 unspecified atom stereocenters. The number of imidazole rings is 1. The van der Waals surface area contributed by atoms with Gasteiger partial charge in [0.25, 0.3) is 5.91 Å². The lowest BCUT2D eigenvalue weighted by Gasteiger charge is -2.05. The predicted octanol–water partition coefficient (Wildman–Crippen LogP) is 3.74. The first-order valence-corrected chi connectivity index (χ1v) is 10.0. The average molecular weight is 385 g/mol. The summed E-state index contributed by atoms with van der Waals surface area (Å²) in [5.41, 5.74) is 2.60. The zero-order chi connectivity index (χ0) is 19.2. The number of fused-ring (bicyclic) bond motifs is 1. The van der Waals surface area contributed by atoms with E-state index in [0.717, 1.165) is 35.4 Å². The molecule has 0 radical (unpaired) electrons. The van der Waals surface area contributed by atoms with Gasteiger partial charge in [-0.25, -0.2) is 4.98 Å². The second kappa shape index (κ2) is 8.81. The summed E-state index contributed by atoms with van der Waals surface area (Å²) in [7, 11) is 1.96. The minimum absolute atomic E-state index is 0.0312. The highest BCUT2D eigenvalue weighted by molar-refractivity contribution is 7.12. The zero-order valence-corrected chi connectivity index (χ0v) is 16.4. The highest BCUT2D eigenvalue weighted by Gasteiger charge is 2.11. The Kier molecular flexibility index (Phi) is 6.24. The summed E-state index contributed by atoms with van der Waals surface area (Å²) in [5, 5.41) is 7.74. The van der Waals surface area contributed by atoms with Crippen molar-refractivity contribution in [2.45, 2.75) is 32.6 Å². The maximum absolute atomic E-state index is 12.0. The molecule has 0 saturated heterocycles. The molecule has 3 rings (SSSR count). The molecule has 0 bridgehead atoms. The van der Waals surface area contributed by atoms with E-state index in [0.29, 0.717) is 24.3 Å². The number of nitrogens with zero attached hydrogens (tertiary/aromatic N) is 2. The summed E-state index contributed by atoms with van der Waals surface area (Å²) < 4.78 is 2.02. The molecule has 0 saturated carbocycles. The molecule has 27 heavy (non-hydrogen) atoms. The summed E-state index contributed by atoms with van der Waals surface area (Å²) >= 11 is 1.43. The van der Waals surface area contributed by atoms with Crippen LogP contribution in [0.5, 0.6) is 0 Å². The predicted molar refractivity (Wildman–Crippen MR) is 109 cm³/mol. The molecule has 2 aromatic heterocycles. The second-order valence-electron chi connectivity index (χ2n) is 6.43. The molecular formula is C20H24N4O2S. The minimum atomic E-state index is -0.0548. The van der Waals surface area contributed by atoms with Gasteiger partial charge in [0.15, 0.2) is 0 Å². The summed E-state index contributed by atoms with van der Waals surface area (Å²) in [5.74, 6) is 0.871. The number of hydrogen-bond acceptors (Lipinski definition) is 4. The van der Waals surface area contributed by atoms with E-state index in [1.165, 1.54) is 11.3 Å². The number of thiophene rings is 1. The standard InChI is InChI=1S/C20H24N4O2S/c1-3-4-7-19(25)22-14-8-9-16-15(13-14)23-18(24(16)2)10-11-21-20(26)17-6-5-12-27-17/h5-6,8-9,12-13H,3-4,7,10-11H2,1-2H3,(H,21,26)(H,22,25). The summed E-state index contributed by atoms with van der Waals surface area (Å²) in [6, 6.07) is 9.43. The molecule has 3 aromatic rings.